The third-order valence-electron chi connectivity index (χ3n) is 4.32. The molecule has 2 aromatic carbocycles. The van der Waals surface area contributed by atoms with E-state index in [1.54, 1.807) is 0 Å². The first kappa shape index (κ1) is 16.6. The monoisotopic (exact) mass is 354 g/mol. The largest absolute Gasteiger partial charge is 0.494 e. The zero-order valence-corrected chi connectivity index (χ0v) is 15.0. The van der Waals surface area contributed by atoms with Gasteiger partial charge in [-0.1, -0.05) is 0 Å². The van der Waals surface area contributed by atoms with Crippen molar-refractivity contribution in [1.29, 1.82) is 0 Å². The van der Waals surface area contributed by atoms with Crippen LogP contribution in [0.2, 0.25) is 0 Å². The molecular formula is C20H22N2O4. The van der Waals surface area contributed by atoms with E-state index in [2.05, 4.69) is 9.55 Å². The van der Waals surface area contributed by atoms with E-state index in [0.717, 1.165) is 39.9 Å². The van der Waals surface area contributed by atoms with E-state index in [1.165, 1.54) is 0 Å². The van der Waals surface area contributed by atoms with E-state index in [-0.39, 0.29) is 0 Å². The molecule has 0 saturated heterocycles. The van der Waals surface area contributed by atoms with Gasteiger partial charge in [0, 0.05) is 12.1 Å². The summed E-state index contributed by atoms with van der Waals surface area (Å²) in [5, 5.41) is 0. The second kappa shape index (κ2) is 7.15. The number of benzene rings is 2. The maximum Gasteiger partial charge on any atom is 0.163 e. The Morgan fingerprint density at radius 1 is 1.00 bits per heavy atom. The minimum atomic E-state index is 0.550. The van der Waals surface area contributed by atoms with E-state index in [0.29, 0.717) is 33.0 Å². The number of ether oxygens (including phenoxy) is 4. The number of fused-ring (bicyclic) bond motifs is 2. The summed E-state index contributed by atoms with van der Waals surface area (Å²) >= 11 is 0. The molecule has 0 aliphatic carbocycles. The number of aromatic nitrogens is 2. The van der Waals surface area contributed by atoms with Gasteiger partial charge in [-0.05, 0) is 38.1 Å². The first-order valence-electron chi connectivity index (χ1n) is 8.87. The first-order valence-corrected chi connectivity index (χ1v) is 8.87. The lowest BCUT2D eigenvalue weighted by atomic mass is 10.2. The van der Waals surface area contributed by atoms with Crippen LogP contribution >= 0.6 is 0 Å². The number of hydrogen-bond donors (Lipinski definition) is 0. The van der Waals surface area contributed by atoms with Gasteiger partial charge in [0.05, 0.1) is 24.2 Å². The fraction of sp³-hybridized carbons (Fsp3) is 0.350. The van der Waals surface area contributed by atoms with Gasteiger partial charge < -0.3 is 23.5 Å². The molecule has 0 N–H and O–H groups in total. The molecule has 1 aliphatic rings. The Morgan fingerprint density at radius 2 is 1.65 bits per heavy atom. The minimum Gasteiger partial charge on any atom is -0.494 e. The average molecular weight is 354 g/mol. The summed E-state index contributed by atoms with van der Waals surface area (Å²) < 4.78 is 24.8. The smallest absolute Gasteiger partial charge is 0.163 e. The summed E-state index contributed by atoms with van der Waals surface area (Å²) in [6.45, 7) is 7.03. The fourth-order valence-electron chi connectivity index (χ4n) is 3.12. The summed E-state index contributed by atoms with van der Waals surface area (Å²) in [4.78, 5) is 4.63. The van der Waals surface area contributed by atoms with E-state index >= 15 is 0 Å². The quantitative estimate of drug-likeness (QED) is 0.677. The average Bonchev–Trinajstić information content (AvgIpc) is 2.96. The maximum atomic E-state index is 5.87. The summed E-state index contributed by atoms with van der Waals surface area (Å²) in [6.07, 6.45) is 0. The molecule has 0 saturated carbocycles. The molecule has 0 bridgehead atoms. The predicted octanol–water partition coefficient (Wildman–Crippen LogP) is 3.59. The number of rotatable bonds is 6. The number of imidazole rings is 1. The van der Waals surface area contributed by atoms with Crippen molar-refractivity contribution in [2.45, 2.75) is 20.4 Å². The zero-order valence-electron chi connectivity index (χ0n) is 15.0. The van der Waals surface area contributed by atoms with E-state index in [4.69, 9.17) is 18.9 Å². The molecule has 0 atom stereocenters. The molecule has 0 spiro atoms. The third kappa shape index (κ3) is 3.27. The van der Waals surface area contributed by atoms with Gasteiger partial charge in [-0.2, -0.15) is 0 Å². The number of hydrogen-bond acceptors (Lipinski definition) is 5. The SMILES string of the molecule is CCOc1ccc(OCCn2c(C)nc3cc4c(cc32)OCCO4)cc1. The Bertz CT molecular complexity index is 902. The molecule has 0 unspecified atom stereocenters. The van der Waals surface area contributed by atoms with Gasteiger partial charge in [-0.15, -0.1) is 0 Å². The Balaban J connectivity index is 1.47. The summed E-state index contributed by atoms with van der Waals surface area (Å²) in [5.74, 6) is 4.15. The molecule has 0 radical (unpaired) electrons. The van der Waals surface area contributed by atoms with E-state index in [1.807, 2.05) is 50.2 Å². The summed E-state index contributed by atoms with van der Waals surface area (Å²) in [6, 6.07) is 11.6. The minimum absolute atomic E-state index is 0.550. The van der Waals surface area contributed by atoms with Gasteiger partial charge in [0.15, 0.2) is 11.5 Å². The van der Waals surface area contributed by atoms with Crippen molar-refractivity contribution in [3.05, 3.63) is 42.2 Å². The van der Waals surface area contributed by atoms with Crippen LogP contribution in [0.4, 0.5) is 0 Å². The fourth-order valence-corrected chi connectivity index (χ4v) is 3.12. The summed E-state index contributed by atoms with van der Waals surface area (Å²) in [5.41, 5.74) is 1.94. The first-order chi connectivity index (χ1) is 12.7. The van der Waals surface area contributed by atoms with Crippen molar-refractivity contribution in [3.63, 3.8) is 0 Å². The van der Waals surface area contributed by atoms with Crippen molar-refractivity contribution < 1.29 is 18.9 Å². The van der Waals surface area contributed by atoms with Gasteiger partial charge in [0.1, 0.15) is 37.1 Å². The number of aryl methyl sites for hydroxylation is 1. The lowest BCUT2D eigenvalue weighted by Gasteiger charge is -2.18. The van der Waals surface area contributed by atoms with Crippen LogP contribution < -0.4 is 18.9 Å². The van der Waals surface area contributed by atoms with Crippen LogP contribution in [0, 0.1) is 6.92 Å². The second-order valence-corrected chi connectivity index (χ2v) is 6.05. The molecule has 0 fully saturated rings. The van der Waals surface area contributed by atoms with Crippen molar-refractivity contribution in [2.75, 3.05) is 26.4 Å². The highest BCUT2D eigenvalue weighted by Gasteiger charge is 2.16. The Labute approximate surface area is 152 Å². The Kier molecular flexibility index (Phi) is 4.56. The normalized spacial score (nSPS) is 13.0. The van der Waals surface area contributed by atoms with Crippen molar-refractivity contribution in [2.24, 2.45) is 0 Å². The second-order valence-electron chi connectivity index (χ2n) is 6.05. The molecule has 4 rings (SSSR count). The third-order valence-corrected chi connectivity index (χ3v) is 4.32. The van der Waals surface area contributed by atoms with Crippen LogP contribution in [0.5, 0.6) is 23.0 Å². The van der Waals surface area contributed by atoms with E-state index in [9.17, 15) is 0 Å². The molecule has 6 heteroatoms. The highest BCUT2D eigenvalue weighted by atomic mass is 16.6. The Hall–Kier alpha value is -2.89. The molecule has 6 nitrogen and oxygen atoms in total. The van der Waals surface area contributed by atoms with Gasteiger partial charge in [-0.25, -0.2) is 4.98 Å². The molecule has 2 heterocycles. The molecular weight excluding hydrogens is 332 g/mol. The zero-order chi connectivity index (χ0) is 17.9. The highest BCUT2D eigenvalue weighted by molar-refractivity contribution is 5.80. The molecule has 136 valence electrons. The predicted molar refractivity (Wildman–Crippen MR) is 98.6 cm³/mol. The van der Waals surface area contributed by atoms with Crippen LogP contribution in [0.15, 0.2) is 36.4 Å². The van der Waals surface area contributed by atoms with Crippen LogP contribution in [-0.4, -0.2) is 36.0 Å². The topological polar surface area (TPSA) is 54.7 Å². The molecule has 0 amide bonds. The van der Waals surface area contributed by atoms with Crippen molar-refractivity contribution in [3.8, 4) is 23.0 Å². The van der Waals surface area contributed by atoms with Crippen LogP contribution in [0.3, 0.4) is 0 Å². The Morgan fingerprint density at radius 3 is 2.35 bits per heavy atom. The molecule has 3 aromatic rings. The van der Waals surface area contributed by atoms with E-state index < -0.39 is 0 Å². The van der Waals surface area contributed by atoms with Gasteiger partial charge >= 0.3 is 0 Å². The lowest BCUT2D eigenvalue weighted by Crippen LogP contribution is -2.15. The van der Waals surface area contributed by atoms with Crippen LogP contribution in [-0.2, 0) is 6.54 Å². The summed E-state index contributed by atoms with van der Waals surface area (Å²) in [7, 11) is 0. The van der Waals surface area contributed by atoms with Crippen LogP contribution in [0.25, 0.3) is 11.0 Å². The van der Waals surface area contributed by atoms with Gasteiger partial charge in [-0.3, -0.25) is 0 Å². The van der Waals surface area contributed by atoms with Crippen molar-refractivity contribution in [1.82, 2.24) is 9.55 Å². The molecule has 1 aliphatic heterocycles. The maximum absolute atomic E-state index is 5.87. The van der Waals surface area contributed by atoms with Crippen molar-refractivity contribution >= 4 is 11.0 Å². The highest BCUT2D eigenvalue weighted by Crippen LogP contribution is 2.34. The van der Waals surface area contributed by atoms with Crippen LogP contribution in [0.1, 0.15) is 12.7 Å². The molecule has 1 aromatic heterocycles. The standard InChI is InChI=1S/C20H22N2O4/c1-3-23-15-4-6-16(7-5-15)24-9-8-22-14(2)21-17-12-19-20(13-18(17)22)26-11-10-25-19/h4-7,12-13H,3,8-11H2,1-2H3. The lowest BCUT2D eigenvalue weighted by molar-refractivity contribution is 0.172. The van der Waals surface area contributed by atoms with Gasteiger partial charge in [0.2, 0.25) is 0 Å². The molecule has 26 heavy (non-hydrogen) atoms. The van der Waals surface area contributed by atoms with Gasteiger partial charge in [0.25, 0.3) is 0 Å². The number of nitrogens with zero attached hydrogens (tertiary/aromatic N) is 2.